The van der Waals surface area contributed by atoms with E-state index in [1.807, 2.05) is 0 Å². The van der Waals surface area contributed by atoms with E-state index in [-0.39, 0.29) is 5.54 Å². The second-order valence-corrected chi connectivity index (χ2v) is 5.96. The molecule has 0 amide bonds. The van der Waals surface area contributed by atoms with Gasteiger partial charge in [0.1, 0.15) is 0 Å². The maximum atomic E-state index is 5.96. The largest absolute Gasteiger partial charge is 0.381 e. The normalized spacial score (nSPS) is 22.0. The Bertz CT molecular complexity index is 192. The van der Waals surface area contributed by atoms with Crippen molar-refractivity contribution in [2.24, 2.45) is 11.1 Å². The summed E-state index contributed by atoms with van der Waals surface area (Å²) in [6.07, 6.45) is 2.13. The van der Waals surface area contributed by atoms with E-state index in [1.165, 1.54) is 0 Å². The van der Waals surface area contributed by atoms with Crippen molar-refractivity contribution in [1.82, 2.24) is 4.90 Å². The van der Waals surface area contributed by atoms with Crippen molar-refractivity contribution in [2.75, 3.05) is 33.4 Å². The van der Waals surface area contributed by atoms with Crippen LogP contribution in [0.4, 0.5) is 0 Å². The molecule has 15 heavy (non-hydrogen) atoms. The van der Waals surface area contributed by atoms with Crippen LogP contribution in [0.25, 0.3) is 0 Å². The Labute approximate surface area is 94.0 Å². The standard InChI is InChI=1S/C12H26N2O/c1-11(2,3)10-14(4)12(9-13)5-7-15-8-6-12/h5-10,13H2,1-4H3. The number of hydrogen-bond acceptors (Lipinski definition) is 3. The van der Waals surface area contributed by atoms with Gasteiger partial charge in [-0.15, -0.1) is 0 Å². The topological polar surface area (TPSA) is 38.5 Å². The van der Waals surface area contributed by atoms with Gasteiger partial charge in [-0.2, -0.15) is 0 Å². The summed E-state index contributed by atoms with van der Waals surface area (Å²) in [5, 5.41) is 0. The Hall–Kier alpha value is -0.120. The number of likely N-dealkylation sites (N-methyl/N-ethyl adjacent to an activating group) is 1. The molecule has 1 fully saturated rings. The minimum Gasteiger partial charge on any atom is -0.381 e. The Morgan fingerprint density at radius 2 is 1.80 bits per heavy atom. The van der Waals surface area contributed by atoms with Crippen molar-refractivity contribution in [2.45, 2.75) is 39.2 Å². The predicted molar refractivity (Wildman–Crippen MR) is 63.9 cm³/mol. The van der Waals surface area contributed by atoms with Gasteiger partial charge < -0.3 is 10.5 Å². The molecule has 1 aliphatic rings. The molecule has 0 atom stereocenters. The van der Waals surface area contributed by atoms with Crippen molar-refractivity contribution in [1.29, 1.82) is 0 Å². The third-order valence-electron chi connectivity index (χ3n) is 3.32. The van der Waals surface area contributed by atoms with Crippen LogP contribution in [0.1, 0.15) is 33.6 Å². The minimum absolute atomic E-state index is 0.172. The number of nitrogens with two attached hydrogens (primary N) is 1. The number of nitrogens with zero attached hydrogens (tertiary/aromatic N) is 1. The highest BCUT2D eigenvalue weighted by Crippen LogP contribution is 2.28. The molecular formula is C12H26N2O. The molecule has 0 aromatic carbocycles. The van der Waals surface area contributed by atoms with Gasteiger partial charge in [0.2, 0.25) is 0 Å². The van der Waals surface area contributed by atoms with Gasteiger partial charge in [-0.05, 0) is 25.3 Å². The smallest absolute Gasteiger partial charge is 0.0484 e. The van der Waals surface area contributed by atoms with E-state index in [9.17, 15) is 0 Å². The molecule has 0 aliphatic carbocycles. The lowest BCUT2D eigenvalue weighted by Crippen LogP contribution is -2.57. The maximum Gasteiger partial charge on any atom is 0.0484 e. The van der Waals surface area contributed by atoms with Gasteiger partial charge in [0.15, 0.2) is 0 Å². The number of ether oxygens (including phenoxy) is 1. The quantitative estimate of drug-likeness (QED) is 0.773. The molecule has 0 aromatic rings. The third kappa shape index (κ3) is 3.44. The van der Waals surface area contributed by atoms with Gasteiger partial charge in [-0.25, -0.2) is 0 Å². The average molecular weight is 214 g/mol. The second-order valence-electron chi connectivity index (χ2n) is 5.96. The molecule has 0 saturated carbocycles. The SMILES string of the molecule is CN(CC(C)(C)C)C1(CN)CCOCC1. The van der Waals surface area contributed by atoms with Crippen LogP contribution in [0.3, 0.4) is 0 Å². The average Bonchev–Trinajstić information content (AvgIpc) is 2.16. The molecule has 0 radical (unpaired) electrons. The Balaban J connectivity index is 2.63. The van der Waals surface area contributed by atoms with Crippen LogP contribution in [0.2, 0.25) is 0 Å². The van der Waals surface area contributed by atoms with Crippen LogP contribution in [-0.4, -0.2) is 43.8 Å². The van der Waals surface area contributed by atoms with Crippen molar-refractivity contribution in [3.05, 3.63) is 0 Å². The van der Waals surface area contributed by atoms with Gasteiger partial charge in [0.25, 0.3) is 0 Å². The molecule has 3 nitrogen and oxygen atoms in total. The minimum atomic E-state index is 0.172. The van der Waals surface area contributed by atoms with E-state index in [2.05, 4.69) is 32.7 Å². The zero-order chi connectivity index (χ0) is 11.5. The van der Waals surface area contributed by atoms with Gasteiger partial charge in [0, 0.05) is 31.8 Å². The van der Waals surface area contributed by atoms with Crippen molar-refractivity contribution < 1.29 is 4.74 Å². The van der Waals surface area contributed by atoms with Gasteiger partial charge in [-0.1, -0.05) is 20.8 Å². The fraction of sp³-hybridized carbons (Fsp3) is 1.00. The van der Waals surface area contributed by atoms with Crippen LogP contribution >= 0.6 is 0 Å². The molecule has 1 heterocycles. The van der Waals surface area contributed by atoms with Crippen LogP contribution < -0.4 is 5.73 Å². The van der Waals surface area contributed by atoms with Crippen LogP contribution in [0, 0.1) is 5.41 Å². The predicted octanol–water partition coefficient (Wildman–Crippen LogP) is 1.47. The van der Waals surface area contributed by atoms with Crippen LogP contribution in [0.5, 0.6) is 0 Å². The summed E-state index contributed by atoms with van der Waals surface area (Å²) in [6.45, 7) is 10.3. The molecule has 90 valence electrons. The summed E-state index contributed by atoms with van der Waals surface area (Å²) in [4.78, 5) is 2.44. The zero-order valence-corrected chi connectivity index (χ0v) is 10.7. The molecular weight excluding hydrogens is 188 g/mol. The highest BCUT2D eigenvalue weighted by atomic mass is 16.5. The second kappa shape index (κ2) is 4.81. The van der Waals surface area contributed by atoms with Crippen LogP contribution in [0.15, 0.2) is 0 Å². The van der Waals surface area contributed by atoms with E-state index in [0.717, 1.165) is 39.1 Å². The first-order valence-corrected chi connectivity index (χ1v) is 5.89. The summed E-state index contributed by atoms with van der Waals surface area (Å²) in [6, 6.07) is 0. The molecule has 0 aromatic heterocycles. The Morgan fingerprint density at radius 3 is 2.20 bits per heavy atom. The van der Waals surface area contributed by atoms with E-state index in [0.29, 0.717) is 5.41 Å². The molecule has 0 unspecified atom stereocenters. The highest BCUT2D eigenvalue weighted by molar-refractivity contribution is 4.93. The van der Waals surface area contributed by atoms with Crippen molar-refractivity contribution >= 4 is 0 Å². The summed E-state index contributed by atoms with van der Waals surface area (Å²) in [5.41, 5.74) is 6.46. The molecule has 3 heteroatoms. The van der Waals surface area contributed by atoms with E-state index in [4.69, 9.17) is 10.5 Å². The first-order chi connectivity index (χ1) is 6.90. The lowest BCUT2D eigenvalue weighted by Gasteiger charge is -2.46. The molecule has 2 N–H and O–H groups in total. The lowest BCUT2D eigenvalue weighted by atomic mass is 9.85. The molecule has 1 saturated heterocycles. The molecule has 0 bridgehead atoms. The van der Waals surface area contributed by atoms with Crippen LogP contribution in [-0.2, 0) is 4.74 Å². The molecule has 1 rings (SSSR count). The lowest BCUT2D eigenvalue weighted by molar-refractivity contribution is -0.0237. The molecule has 0 spiro atoms. The summed E-state index contributed by atoms with van der Waals surface area (Å²) in [7, 11) is 2.20. The summed E-state index contributed by atoms with van der Waals surface area (Å²) in [5.74, 6) is 0. The molecule has 1 aliphatic heterocycles. The zero-order valence-electron chi connectivity index (χ0n) is 10.7. The van der Waals surface area contributed by atoms with Crippen molar-refractivity contribution in [3.8, 4) is 0 Å². The van der Waals surface area contributed by atoms with Crippen molar-refractivity contribution in [3.63, 3.8) is 0 Å². The fourth-order valence-corrected chi connectivity index (χ4v) is 2.37. The van der Waals surface area contributed by atoms with Gasteiger partial charge in [0.05, 0.1) is 0 Å². The monoisotopic (exact) mass is 214 g/mol. The summed E-state index contributed by atoms with van der Waals surface area (Å²) < 4.78 is 5.42. The maximum absolute atomic E-state index is 5.96. The Morgan fingerprint density at radius 1 is 1.27 bits per heavy atom. The van der Waals surface area contributed by atoms with E-state index in [1.54, 1.807) is 0 Å². The summed E-state index contributed by atoms with van der Waals surface area (Å²) >= 11 is 0. The van der Waals surface area contributed by atoms with Gasteiger partial charge in [-0.3, -0.25) is 4.90 Å². The first-order valence-electron chi connectivity index (χ1n) is 5.89. The Kier molecular flexibility index (Phi) is 4.15. The third-order valence-corrected chi connectivity index (χ3v) is 3.32. The number of rotatable bonds is 3. The van der Waals surface area contributed by atoms with E-state index >= 15 is 0 Å². The number of hydrogen-bond donors (Lipinski definition) is 1. The van der Waals surface area contributed by atoms with E-state index < -0.39 is 0 Å². The first kappa shape index (κ1) is 12.9. The highest BCUT2D eigenvalue weighted by Gasteiger charge is 2.36. The fourth-order valence-electron chi connectivity index (χ4n) is 2.37. The van der Waals surface area contributed by atoms with Gasteiger partial charge >= 0.3 is 0 Å².